The first kappa shape index (κ1) is 12.6. The van der Waals surface area contributed by atoms with Gasteiger partial charge >= 0.3 is 0 Å². The Kier molecular flexibility index (Phi) is 3.66. The molecule has 0 atom stereocenters. The number of benzene rings is 1. The molecule has 2 heteroatoms. The van der Waals surface area contributed by atoms with Crippen molar-refractivity contribution in [2.75, 3.05) is 5.32 Å². The van der Waals surface area contributed by atoms with Crippen LogP contribution >= 0.6 is 0 Å². The highest BCUT2D eigenvalue weighted by molar-refractivity contribution is 5.41. The van der Waals surface area contributed by atoms with Crippen molar-refractivity contribution in [2.24, 2.45) is 0 Å². The largest absolute Gasteiger partial charge is 0.380 e. The van der Waals surface area contributed by atoms with Crippen molar-refractivity contribution in [1.82, 2.24) is 4.98 Å². The Labute approximate surface area is 109 Å². The first-order chi connectivity index (χ1) is 8.55. The zero-order chi connectivity index (χ0) is 13.0. The lowest BCUT2D eigenvalue weighted by Crippen LogP contribution is -2.11. The molecule has 0 bridgehead atoms. The van der Waals surface area contributed by atoms with Crippen LogP contribution in [-0.2, 0) is 12.0 Å². The molecule has 0 aliphatic heterocycles. The second-order valence-electron chi connectivity index (χ2n) is 5.55. The molecule has 1 N–H and O–H groups in total. The van der Waals surface area contributed by atoms with Crippen LogP contribution in [0, 0.1) is 0 Å². The highest BCUT2D eigenvalue weighted by Gasteiger charge is 2.13. The molecule has 0 amide bonds. The molecule has 1 aromatic heterocycles. The van der Waals surface area contributed by atoms with Gasteiger partial charge in [-0.3, -0.25) is 4.98 Å². The van der Waals surface area contributed by atoms with Gasteiger partial charge in [-0.15, -0.1) is 0 Å². The third kappa shape index (κ3) is 3.33. The average molecular weight is 240 g/mol. The van der Waals surface area contributed by atoms with Crippen molar-refractivity contribution >= 4 is 5.69 Å². The summed E-state index contributed by atoms with van der Waals surface area (Å²) in [4.78, 5) is 4.09. The lowest BCUT2D eigenvalue weighted by atomic mass is 9.86. The van der Waals surface area contributed by atoms with Gasteiger partial charge in [0, 0.05) is 18.9 Å². The first-order valence-electron chi connectivity index (χ1n) is 6.29. The van der Waals surface area contributed by atoms with E-state index in [1.165, 1.54) is 11.1 Å². The predicted molar refractivity (Wildman–Crippen MR) is 76.7 cm³/mol. The van der Waals surface area contributed by atoms with E-state index in [0.717, 1.165) is 12.2 Å². The van der Waals surface area contributed by atoms with E-state index in [1.54, 1.807) is 6.20 Å². The van der Waals surface area contributed by atoms with Crippen LogP contribution < -0.4 is 5.32 Å². The van der Waals surface area contributed by atoms with E-state index in [4.69, 9.17) is 0 Å². The van der Waals surface area contributed by atoms with Gasteiger partial charge in [-0.1, -0.05) is 45.0 Å². The molecule has 1 heterocycles. The summed E-state index contributed by atoms with van der Waals surface area (Å²) in [6.07, 6.45) is 3.62. The normalized spacial score (nSPS) is 11.3. The topological polar surface area (TPSA) is 24.9 Å². The minimum Gasteiger partial charge on any atom is -0.380 e. The standard InChI is InChI=1S/C16H20N2/c1-16(2,3)14-7-4-6-13(10-14)11-18-15-8-5-9-17-12-15/h4-10,12,18H,11H2,1-3H3. The van der Waals surface area contributed by atoms with E-state index in [-0.39, 0.29) is 5.41 Å². The zero-order valence-electron chi connectivity index (χ0n) is 11.3. The molecule has 0 aliphatic carbocycles. The molecule has 18 heavy (non-hydrogen) atoms. The SMILES string of the molecule is CC(C)(C)c1cccc(CNc2cccnc2)c1. The number of hydrogen-bond donors (Lipinski definition) is 1. The molecule has 0 aliphatic rings. The smallest absolute Gasteiger partial charge is 0.0529 e. The molecule has 0 unspecified atom stereocenters. The van der Waals surface area contributed by atoms with Crippen molar-refractivity contribution in [3.05, 3.63) is 59.9 Å². The van der Waals surface area contributed by atoms with Gasteiger partial charge in [0.2, 0.25) is 0 Å². The molecule has 0 fully saturated rings. The van der Waals surface area contributed by atoms with Crippen molar-refractivity contribution in [1.29, 1.82) is 0 Å². The fourth-order valence-electron chi connectivity index (χ4n) is 1.82. The molecule has 1 aromatic carbocycles. The van der Waals surface area contributed by atoms with Crippen molar-refractivity contribution in [3.63, 3.8) is 0 Å². The van der Waals surface area contributed by atoms with E-state index in [1.807, 2.05) is 18.3 Å². The van der Waals surface area contributed by atoms with E-state index < -0.39 is 0 Å². The molecule has 0 saturated heterocycles. The van der Waals surface area contributed by atoms with Gasteiger partial charge < -0.3 is 5.32 Å². The van der Waals surface area contributed by atoms with E-state index in [2.05, 4.69) is 55.3 Å². The van der Waals surface area contributed by atoms with Crippen LogP contribution in [0.25, 0.3) is 0 Å². The number of nitrogens with zero attached hydrogens (tertiary/aromatic N) is 1. The summed E-state index contributed by atoms with van der Waals surface area (Å²) in [5.41, 5.74) is 3.92. The maximum atomic E-state index is 4.09. The molecule has 0 saturated carbocycles. The van der Waals surface area contributed by atoms with Crippen molar-refractivity contribution < 1.29 is 0 Å². The van der Waals surface area contributed by atoms with Crippen LogP contribution in [-0.4, -0.2) is 4.98 Å². The average Bonchev–Trinajstić information content (AvgIpc) is 2.37. The van der Waals surface area contributed by atoms with Gasteiger partial charge in [-0.05, 0) is 28.7 Å². The Balaban J connectivity index is 2.06. The van der Waals surface area contributed by atoms with Gasteiger partial charge in [0.15, 0.2) is 0 Å². The lowest BCUT2D eigenvalue weighted by Gasteiger charge is -2.20. The Morgan fingerprint density at radius 3 is 2.61 bits per heavy atom. The maximum Gasteiger partial charge on any atom is 0.0529 e. The van der Waals surface area contributed by atoms with Crippen LogP contribution in [0.15, 0.2) is 48.8 Å². The summed E-state index contributed by atoms with van der Waals surface area (Å²) >= 11 is 0. The number of rotatable bonds is 3. The van der Waals surface area contributed by atoms with Crippen LogP contribution in [0.4, 0.5) is 5.69 Å². The minimum atomic E-state index is 0.199. The summed E-state index contributed by atoms with van der Waals surface area (Å²) in [5.74, 6) is 0. The fourth-order valence-corrected chi connectivity index (χ4v) is 1.82. The Bertz CT molecular complexity index is 498. The Morgan fingerprint density at radius 1 is 1.11 bits per heavy atom. The molecular weight excluding hydrogens is 220 g/mol. The van der Waals surface area contributed by atoms with Gasteiger partial charge in [-0.2, -0.15) is 0 Å². The van der Waals surface area contributed by atoms with Gasteiger partial charge in [0.05, 0.1) is 5.69 Å². The number of aromatic nitrogens is 1. The third-order valence-electron chi connectivity index (χ3n) is 2.95. The van der Waals surface area contributed by atoms with Crippen molar-refractivity contribution in [2.45, 2.75) is 32.7 Å². The van der Waals surface area contributed by atoms with Crippen LogP contribution in [0.1, 0.15) is 31.9 Å². The quantitative estimate of drug-likeness (QED) is 0.877. The molecule has 0 radical (unpaired) electrons. The monoisotopic (exact) mass is 240 g/mol. The summed E-state index contributed by atoms with van der Waals surface area (Å²) in [6, 6.07) is 12.7. The molecule has 2 aromatic rings. The molecule has 94 valence electrons. The van der Waals surface area contributed by atoms with E-state index >= 15 is 0 Å². The Hall–Kier alpha value is -1.83. The number of nitrogens with one attached hydrogen (secondary N) is 1. The van der Waals surface area contributed by atoms with Crippen LogP contribution in [0.2, 0.25) is 0 Å². The second kappa shape index (κ2) is 5.21. The van der Waals surface area contributed by atoms with Gasteiger partial charge in [0.1, 0.15) is 0 Å². The zero-order valence-corrected chi connectivity index (χ0v) is 11.3. The number of anilines is 1. The summed E-state index contributed by atoms with van der Waals surface area (Å²) in [5, 5.41) is 3.38. The summed E-state index contributed by atoms with van der Waals surface area (Å²) < 4.78 is 0. The highest BCUT2D eigenvalue weighted by atomic mass is 14.9. The lowest BCUT2D eigenvalue weighted by molar-refractivity contribution is 0.589. The molecule has 2 rings (SSSR count). The molecular formula is C16H20N2. The van der Waals surface area contributed by atoms with Crippen LogP contribution in [0.5, 0.6) is 0 Å². The third-order valence-corrected chi connectivity index (χ3v) is 2.95. The second-order valence-corrected chi connectivity index (χ2v) is 5.55. The summed E-state index contributed by atoms with van der Waals surface area (Å²) in [6.45, 7) is 7.54. The maximum absolute atomic E-state index is 4.09. The summed E-state index contributed by atoms with van der Waals surface area (Å²) in [7, 11) is 0. The minimum absolute atomic E-state index is 0.199. The van der Waals surface area contributed by atoms with Gasteiger partial charge in [0.25, 0.3) is 0 Å². The first-order valence-corrected chi connectivity index (χ1v) is 6.29. The fraction of sp³-hybridized carbons (Fsp3) is 0.312. The number of pyridine rings is 1. The van der Waals surface area contributed by atoms with Crippen LogP contribution in [0.3, 0.4) is 0 Å². The van der Waals surface area contributed by atoms with Crippen molar-refractivity contribution in [3.8, 4) is 0 Å². The molecule has 2 nitrogen and oxygen atoms in total. The van der Waals surface area contributed by atoms with E-state index in [9.17, 15) is 0 Å². The predicted octanol–water partition coefficient (Wildman–Crippen LogP) is 3.99. The van der Waals surface area contributed by atoms with Gasteiger partial charge in [-0.25, -0.2) is 0 Å². The molecule has 0 spiro atoms. The van der Waals surface area contributed by atoms with E-state index in [0.29, 0.717) is 0 Å². The highest BCUT2D eigenvalue weighted by Crippen LogP contribution is 2.23. The number of hydrogen-bond acceptors (Lipinski definition) is 2. The Morgan fingerprint density at radius 2 is 1.94 bits per heavy atom.